The molecular weight excluding hydrogens is 368 g/mol. The smallest absolute Gasteiger partial charge is 0.308 e. The van der Waals surface area contributed by atoms with E-state index in [1.165, 1.54) is 5.57 Å². The summed E-state index contributed by atoms with van der Waals surface area (Å²) in [4.78, 5) is 24.2. The number of cyclic esters (lactones) is 1. The van der Waals surface area contributed by atoms with E-state index in [4.69, 9.17) is 9.47 Å². The second kappa shape index (κ2) is 9.46. The van der Waals surface area contributed by atoms with Crippen molar-refractivity contribution < 1.29 is 24.2 Å². The molecule has 2 aliphatic carbocycles. The number of hydrogen-bond donors (Lipinski definition) is 1. The van der Waals surface area contributed by atoms with Gasteiger partial charge in [-0.25, -0.2) is 0 Å². The molecule has 1 aliphatic heterocycles. The molecule has 1 N–H and O–H groups in total. The number of aliphatic hydroxyl groups is 1. The zero-order valence-corrected chi connectivity index (χ0v) is 18.2. The summed E-state index contributed by atoms with van der Waals surface area (Å²) in [7, 11) is 0. The average molecular weight is 405 g/mol. The molecule has 162 valence electrons. The summed E-state index contributed by atoms with van der Waals surface area (Å²) in [6.45, 7) is 8.33. The number of allylic oxidation sites excluding steroid dienone is 3. The molecule has 1 saturated heterocycles. The number of carbonyl (C=O) groups is 2. The molecule has 0 spiro atoms. The Morgan fingerprint density at radius 1 is 1.31 bits per heavy atom. The van der Waals surface area contributed by atoms with Gasteiger partial charge in [0, 0.05) is 12.3 Å². The molecule has 8 atom stereocenters. The van der Waals surface area contributed by atoms with Gasteiger partial charge < -0.3 is 14.6 Å². The topological polar surface area (TPSA) is 72.8 Å². The van der Waals surface area contributed by atoms with Crippen molar-refractivity contribution in [2.45, 2.75) is 84.5 Å². The lowest BCUT2D eigenvalue weighted by molar-refractivity contribution is -0.162. The molecule has 0 aromatic heterocycles. The normalized spacial score (nSPS) is 37.9. The van der Waals surface area contributed by atoms with Gasteiger partial charge in [-0.3, -0.25) is 9.59 Å². The number of ether oxygens (including phenoxy) is 2. The van der Waals surface area contributed by atoms with Crippen molar-refractivity contribution in [3.63, 3.8) is 0 Å². The fraction of sp³-hybridized carbons (Fsp3) is 0.750. The largest absolute Gasteiger partial charge is 0.462 e. The summed E-state index contributed by atoms with van der Waals surface area (Å²) >= 11 is 0. The first-order chi connectivity index (χ1) is 13.8. The van der Waals surface area contributed by atoms with Crippen LogP contribution in [0.5, 0.6) is 0 Å². The van der Waals surface area contributed by atoms with Gasteiger partial charge in [0.2, 0.25) is 0 Å². The predicted octanol–water partition coefficient (Wildman–Crippen LogP) is 4.20. The molecule has 0 unspecified atom stereocenters. The summed E-state index contributed by atoms with van der Waals surface area (Å²) in [5.41, 5.74) is 1.27. The van der Waals surface area contributed by atoms with E-state index in [1.807, 2.05) is 13.8 Å². The Kier molecular flexibility index (Phi) is 7.20. The van der Waals surface area contributed by atoms with Crippen molar-refractivity contribution >= 4 is 11.9 Å². The first kappa shape index (κ1) is 22.1. The lowest BCUT2D eigenvalue weighted by Crippen LogP contribution is -2.42. The first-order valence-electron chi connectivity index (χ1n) is 11.3. The quantitative estimate of drug-likeness (QED) is 0.672. The number of hydrogen-bond acceptors (Lipinski definition) is 5. The SMILES string of the molecule is CC[C@H](C)C(=O)O[C@H]1C[C@H](C)C=C2C=C[C@@H](C)[C@@H](CC[C@@H]3C[C@H](O)CC(=O)O3)[C@@H]21. The Labute approximate surface area is 174 Å². The van der Waals surface area contributed by atoms with E-state index in [9.17, 15) is 14.7 Å². The van der Waals surface area contributed by atoms with E-state index in [-0.39, 0.29) is 42.4 Å². The highest BCUT2D eigenvalue weighted by atomic mass is 16.5. The molecule has 29 heavy (non-hydrogen) atoms. The van der Waals surface area contributed by atoms with Crippen LogP contribution in [-0.2, 0) is 19.1 Å². The number of rotatable bonds is 6. The van der Waals surface area contributed by atoms with E-state index in [0.717, 1.165) is 25.7 Å². The van der Waals surface area contributed by atoms with Gasteiger partial charge in [-0.15, -0.1) is 0 Å². The van der Waals surface area contributed by atoms with Crippen molar-refractivity contribution in [1.29, 1.82) is 0 Å². The molecule has 0 radical (unpaired) electrons. The van der Waals surface area contributed by atoms with Crippen LogP contribution in [0.4, 0.5) is 0 Å². The first-order valence-corrected chi connectivity index (χ1v) is 11.3. The van der Waals surface area contributed by atoms with Gasteiger partial charge in [0.25, 0.3) is 0 Å². The second-order valence-electron chi connectivity index (χ2n) is 9.36. The van der Waals surface area contributed by atoms with Crippen LogP contribution in [0.2, 0.25) is 0 Å². The zero-order valence-electron chi connectivity index (χ0n) is 18.2. The van der Waals surface area contributed by atoms with E-state index < -0.39 is 6.10 Å². The lowest BCUT2D eigenvalue weighted by Gasteiger charge is -2.43. The van der Waals surface area contributed by atoms with Crippen LogP contribution in [0, 0.1) is 29.6 Å². The van der Waals surface area contributed by atoms with Gasteiger partial charge in [-0.2, -0.15) is 0 Å². The third kappa shape index (κ3) is 5.30. The van der Waals surface area contributed by atoms with Crippen LogP contribution >= 0.6 is 0 Å². The minimum Gasteiger partial charge on any atom is -0.462 e. The van der Waals surface area contributed by atoms with Crippen LogP contribution in [0.15, 0.2) is 23.8 Å². The van der Waals surface area contributed by atoms with E-state index >= 15 is 0 Å². The summed E-state index contributed by atoms with van der Waals surface area (Å²) in [5.74, 6) is 0.755. The molecule has 0 saturated carbocycles. The fourth-order valence-corrected chi connectivity index (χ4v) is 5.07. The Hall–Kier alpha value is -1.62. The van der Waals surface area contributed by atoms with Gasteiger partial charge in [-0.1, -0.05) is 45.9 Å². The van der Waals surface area contributed by atoms with Gasteiger partial charge in [0.1, 0.15) is 12.2 Å². The maximum absolute atomic E-state index is 12.5. The molecule has 3 aliphatic rings. The third-order valence-corrected chi connectivity index (χ3v) is 6.93. The molecule has 0 aromatic rings. The molecule has 5 heteroatoms. The van der Waals surface area contributed by atoms with Gasteiger partial charge in [-0.05, 0) is 49.0 Å². The summed E-state index contributed by atoms with van der Waals surface area (Å²) < 4.78 is 11.5. The predicted molar refractivity (Wildman–Crippen MR) is 111 cm³/mol. The van der Waals surface area contributed by atoms with E-state index in [0.29, 0.717) is 24.2 Å². The van der Waals surface area contributed by atoms with Crippen molar-refractivity contribution in [2.75, 3.05) is 0 Å². The molecule has 3 rings (SSSR count). The molecule has 1 heterocycles. The molecule has 0 bridgehead atoms. The van der Waals surface area contributed by atoms with Crippen molar-refractivity contribution in [3.8, 4) is 0 Å². The molecule has 5 nitrogen and oxygen atoms in total. The fourth-order valence-electron chi connectivity index (χ4n) is 5.07. The summed E-state index contributed by atoms with van der Waals surface area (Å²) in [5, 5.41) is 9.89. The standard InChI is InChI=1S/C24H36O5/c1-5-15(3)24(27)29-21-11-14(2)10-17-7-6-16(4)20(23(17)21)9-8-19-12-18(25)13-22(26)28-19/h6-7,10,14-16,18-21,23,25H,5,8-9,11-13H2,1-4H3/t14-,15+,16-,18+,19-,20-,21+,23-/m1/s1. The minimum atomic E-state index is -0.597. The second-order valence-corrected chi connectivity index (χ2v) is 9.36. The Bertz CT molecular complexity index is 666. The van der Waals surface area contributed by atoms with Gasteiger partial charge in [0.05, 0.1) is 18.4 Å². The monoisotopic (exact) mass is 404 g/mol. The third-order valence-electron chi connectivity index (χ3n) is 6.93. The van der Waals surface area contributed by atoms with Crippen LogP contribution in [0.25, 0.3) is 0 Å². The number of aliphatic hydroxyl groups excluding tert-OH is 1. The average Bonchev–Trinajstić information content (AvgIpc) is 2.65. The summed E-state index contributed by atoms with van der Waals surface area (Å²) in [6.07, 6.45) is 9.70. The highest BCUT2D eigenvalue weighted by molar-refractivity contribution is 5.72. The van der Waals surface area contributed by atoms with Crippen LogP contribution in [-0.4, -0.2) is 35.4 Å². The Morgan fingerprint density at radius 2 is 2.07 bits per heavy atom. The highest BCUT2D eigenvalue weighted by Crippen LogP contribution is 2.45. The van der Waals surface area contributed by atoms with Crippen LogP contribution in [0.3, 0.4) is 0 Å². The van der Waals surface area contributed by atoms with Crippen molar-refractivity contribution in [3.05, 3.63) is 23.8 Å². The van der Waals surface area contributed by atoms with Crippen molar-refractivity contribution in [2.24, 2.45) is 29.6 Å². The Balaban J connectivity index is 1.74. The molecular formula is C24H36O5. The number of carbonyl (C=O) groups excluding carboxylic acids is 2. The Morgan fingerprint density at radius 3 is 2.76 bits per heavy atom. The molecule has 1 fully saturated rings. The zero-order chi connectivity index (χ0) is 21.1. The summed E-state index contributed by atoms with van der Waals surface area (Å²) in [6, 6.07) is 0. The number of esters is 2. The lowest BCUT2D eigenvalue weighted by atomic mass is 9.65. The maximum atomic E-state index is 12.5. The van der Waals surface area contributed by atoms with Crippen LogP contribution in [0.1, 0.15) is 66.2 Å². The van der Waals surface area contributed by atoms with Gasteiger partial charge in [0.15, 0.2) is 0 Å². The molecule has 0 aromatic carbocycles. The minimum absolute atomic E-state index is 0.0854. The van der Waals surface area contributed by atoms with E-state index in [1.54, 1.807) is 0 Å². The van der Waals surface area contributed by atoms with E-state index in [2.05, 4.69) is 32.1 Å². The maximum Gasteiger partial charge on any atom is 0.308 e. The van der Waals surface area contributed by atoms with Crippen molar-refractivity contribution in [1.82, 2.24) is 0 Å². The van der Waals surface area contributed by atoms with Gasteiger partial charge >= 0.3 is 11.9 Å². The highest BCUT2D eigenvalue weighted by Gasteiger charge is 2.42. The van der Waals surface area contributed by atoms with Crippen LogP contribution < -0.4 is 0 Å². The molecule has 0 amide bonds. The number of fused-ring (bicyclic) bond motifs is 1.